The van der Waals surface area contributed by atoms with Crippen LogP contribution < -0.4 is 10.1 Å². The van der Waals surface area contributed by atoms with Gasteiger partial charge in [-0.15, -0.1) is 0 Å². The lowest BCUT2D eigenvalue weighted by molar-refractivity contribution is -0.133. The van der Waals surface area contributed by atoms with Crippen LogP contribution in [0.5, 0.6) is 5.88 Å². The molecule has 13 heavy (non-hydrogen) atoms. The molecule has 0 atom stereocenters. The van der Waals surface area contributed by atoms with Crippen molar-refractivity contribution in [2.24, 2.45) is 0 Å². The summed E-state index contributed by atoms with van der Waals surface area (Å²) >= 11 is 6.52. The van der Waals surface area contributed by atoms with Gasteiger partial charge in [-0.25, -0.2) is 9.78 Å². The van der Waals surface area contributed by atoms with E-state index in [1.54, 1.807) is 6.07 Å². The van der Waals surface area contributed by atoms with Crippen molar-refractivity contribution in [1.82, 2.24) is 4.98 Å². The summed E-state index contributed by atoms with van der Waals surface area (Å²) in [4.78, 5) is 14.9. The minimum Gasteiger partial charge on any atom is -0.404 e. The maximum absolute atomic E-state index is 10.9. The molecule has 2 rings (SSSR count). The van der Waals surface area contributed by atoms with Gasteiger partial charge < -0.3 is 10.1 Å². The summed E-state index contributed by atoms with van der Waals surface area (Å²) in [5.74, 6) is -0.0134. The second kappa shape index (κ2) is 3.26. The van der Waals surface area contributed by atoms with Gasteiger partial charge in [0.15, 0.2) is 0 Å². The van der Waals surface area contributed by atoms with E-state index >= 15 is 0 Å². The molecule has 0 amide bonds. The highest BCUT2D eigenvalue weighted by atomic mass is 79.9. The third-order valence-electron chi connectivity index (χ3n) is 1.53. The van der Waals surface area contributed by atoms with Crippen LogP contribution in [-0.4, -0.2) is 17.5 Å². The molecule has 2 heterocycles. The van der Waals surface area contributed by atoms with Crippen molar-refractivity contribution in [3.63, 3.8) is 0 Å². The van der Waals surface area contributed by atoms with Crippen LogP contribution in [0.3, 0.4) is 0 Å². The van der Waals surface area contributed by atoms with Crippen LogP contribution in [-0.2, 0) is 4.79 Å². The molecule has 0 aliphatic carbocycles. The Labute approximate surface area is 90.9 Å². The largest absolute Gasteiger partial charge is 0.404 e. The Morgan fingerprint density at radius 2 is 2.31 bits per heavy atom. The minimum absolute atomic E-state index is 0.183. The van der Waals surface area contributed by atoms with Gasteiger partial charge in [0, 0.05) is 0 Å². The number of pyridine rings is 1. The molecule has 1 aromatic rings. The lowest BCUT2D eigenvalue weighted by atomic mass is 10.3. The quantitative estimate of drug-likeness (QED) is 0.588. The highest BCUT2D eigenvalue weighted by molar-refractivity contribution is 9.13. The van der Waals surface area contributed by atoms with Gasteiger partial charge in [0.25, 0.3) is 0 Å². The molecular formula is C7H4Br2N2O2. The number of nitrogens with one attached hydrogen (secondary N) is 1. The zero-order chi connectivity index (χ0) is 9.42. The Hall–Kier alpha value is -0.620. The predicted molar refractivity (Wildman–Crippen MR) is 53.8 cm³/mol. The fourth-order valence-electron chi connectivity index (χ4n) is 0.967. The number of ether oxygens (including phenoxy) is 1. The lowest BCUT2D eigenvalue weighted by Crippen LogP contribution is -2.25. The van der Waals surface area contributed by atoms with Crippen molar-refractivity contribution in [3.8, 4) is 5.88 Å². The summed E-state index contributed by atoms with van der Waals surface area (Å²) in [7, 11) is 0. The van der Waals surface area contributed by atoms with Crippen LogP contribution in [0, 0.1) is 0 Å². The summed E-state index contributed by atoms with van der Waals surface area (Å²) < 4.78 is 6.33. The van der Waals surface area contributed by atoms with E-state index in [-0.39, 0.29) is 12.5 Å². The SMILES string of the molecule is O=C1CNc2cc(Br)c(Br)nc2O1. The maximum Gasteiger partial charge on any atom is 0.332 e. The Kier molecular flexibility index (Phi) is 2.25. The average molecular weight is 308 g/mol. The van der Waals surface area contributed by atoms with Gasteiger partial charge in [-0.1, -0.05) is 0 Å². The molecule has 6 heteroatoms. The number of aromatic nitrogens is 1. The molecule has 0 saturated heterocycles. The summed E-state index contributed by atoms with van der Waals surface area (Å²) in [5.41, 5.74) is 0.717. The minimum atomic E-state index is -0.325. The molecule has 0 unspecified atom stereocenters. The highest BCUT2D eigenvalue weighted by Crippen LogP contribution is 2.32. The number of carbonyl (C=O) groups is 1. The van der Waals surface area contributed by atoms with Crippen LogP contribution in [0.15, 0.2) is 15.1 Å². The third kappa shape index (κ3) is 1.68. The Balaban J connectivity index is 2.49. The zero-order valence-electron chi connectivity index (χ0n) is 6.30. The predicted octanol–water partition coefficient (Wildman–Crippen LogP) is 1.94. The second-order valence-corrected chi connectivity index (χ2v) is 4.05. The molecule has 0 radical (unpaired) electrons. The van der Waals surface area contributed by atoms with Gasteiger partial charge in [0.2, 0.25) is 5.88 Å². The summed E-state index contributed by atoms with van der Waals surface area (Å²) in [6.45, 7) is 0.183. The molecule has 1 aromatic heterocycles. The van der Waals surface area contributed by atoms with Crippen molar-refractivity contribution in [3.05, 3.63) is 15.1 Å². The number of nitrogens with zero attached hydrogens (tertiary/aromatic N) is 1. The molecule has 1 aliphatic heterocycles. The second-order valence-electron chi connectivity index (χ2n) is 2.44. The number of halogens is 2. The first-order valence-corrected chi connectivity index (χ1v) is 5.06. The Morgan fingerprint density at radius 3 is 3.08 bits per heavy atom. The number of fused-ring (bicyclic) bond motifs is 1. The van der Waals surface area contributed by atoms with E-state index in [4.69, 9.17) is 4.74 Å². The normalized spacial score (nSPS) is 14.5. The molecule has 68 valence electrons. The maximum atomic E-state index is 10.9. The smallest absolute Gasteiger partial charge is 0.332 e. The molecule has 0 spiro atoms. The monoisotopic (exact) mass is 306 g/mol. The first-order valence-electron chi connectivity index (χ1n) is 3.47. The van der Waals surface area contributed by atoms with Gasteiger partial charge in [0.1, 0.15) is 11.1 Å². The van der Waals surface area contributed by atoms with Gasteiger partial charge in [0.05, 0.1) is 10.2 Å². The van der Waals surface area contributed by atoms with E-state index in [9.17, 15) is 4.79 Å². The van der Waals surface area contributed by atoms with E-state index in [1.165, 1.54) is 0 Å². The van der Waals surface area contributed by atoms with Crippen LogP contribution in [0.1, 0.15) is 0 Å². The fraction of sp³-hybridized carbons (Fsp3) is 0.143. The number of rotatable bonds is 0. The molecule has 0 fully saturated rings. The molecule has 4 nitrogen and oxygen atoms in total. The number of anilines is 1. The number of hydrogen-bond acceptors (Lipinski definition) is 4. The zero-order valence-corrected chi connectivity index (χ0v) is 9.48. The summed E-state index contributed by atoms with van der Waals surface area (Å²) in [5, 5.41) is 2.89. The first kappa shape index (κ1) is 8.96. The van der Waals surface area contributed by atoms with Crippen LogP contribution in [0.25, 0.3) is 0 Å². The highest BCUT2D eigenvalue weighted by Gasteiger charge is 2.19. The molecule has 0 aromatic carbocycles. The average Bonchev–Trinajstić information content (AvgIpc) is 2.08. The lowest BCUT2D eigenvalue weighted by Gasteiger charge is -2.16. The molecule has 1 aliphatic rings. The van der Waals surface area contributed by atoms with Crippen LogP contribution in [0.4, 0.5) is 5.69 Å². The molecule has 0 bridgehead atoms. The first-order chi connectivity index (χ1) is 6.16. The van der Waals surface area contributed by atoms with E-state index in [1.807, 2.05) is 0 Å². The van der Waals surface area contributed by atoms with Crippen LogP contribution >= 0.6 is 31.9 Å². The van der Waals surface area contributed by atoms with Crippen molar-refractivity contribution < 1.29 is 9.53 Å². The van der Waals surface area contributed by atoms with E-state index < -0.39 is 0 Å². The Morgan fingerprint density at radius 1 is 1.54 bits per heavy atom. The van der Waals surface area contributed by atoms with E-state index in [2.05, 4.69) is 42.2 Å². The van der Waals surface area contributed by atoms with Gasteiger partial charge >= 0.3 is 5.97 Å². The van der Waals surface area contributed by atoms with Crippen molar-refractivity contribution >= 4 is 43.5 Å². The molecular weight excluding hydrogens is 304 g/mol. The summed E-state index contributed by atoms with van der Waals surface area (Å²) in [6, 6.07) is 1.80. The van der Waals surface area contributed by atoms with Gasteiger partial charge in [-0.05, 0) is 37.9 Å². The number of carbonyl (C=O) groups excluding carboxylic acids is 1. The van der Waals surface area contributed by atoms with Crippen molar-refractivity contribution in [2.75, 3.05) is 11.9 Å². The third-order valence-corrected chi connectivity index (χ3v) is 3.27. The van der Waals surface area contributed by atoms with Gasteiger partial charge in [-0.3, -0.25) is 0 Å². The standard InChI is InChI=1S/C7H4Br2N2O2/c8-3-1-4-7(11-6(3)9)13-5(12)2-10-4/h1,10H,2H2. The summed E-state index contributed by atoms with van der Waals surface area (Å²) in [6.07, 6.45) is 0. The van der Waals surface area contributed by atoms with Crippen molar-refractivity contribution in [2.45, 2.75) is 0 Å². The van der Waals surface area contributed by atoms with Crippen LogP contribution in [0.2, 0.25) is 0 Å². The van der Waals surface area contributed by atoms with E-state index in [0.29, 0.717) is 10.5 Å². The fourth-order valence-corrected chi connectivity index (χ4v) is 1.56. The Bertz CT molecular complexity index is 381. The van der Waals surface area contributed by atoms with E-state index in [0.717, 1.165) is 10.2 Å². The molecule has 1 N–H and O–H groups in total. The van der Waals surface area contributed by atoms with Gasteiger partial charge in [-0.2, -0.15) is 0 Å². The molecule has 0 saturated carbocycles. The van der Waals surface area contributed by atoms with Crippen molar-refractivity contribution in [1.29, 1.82) is 0 Å². The number of esters is 1. The topological polar surface area (TPSA) is 51.2 Å². The number of hydrogen-bond donors (Lipinski definition) is 1.